The molecule has 13 heteroatoms. The van der Waals surface area contributed by atoms with E-state index in [-0.39, 0.29) is 60.4 Å². The van der Waals surface area contributed by atoms with Gasteiger partial charge >= 0.3 is 6.18 Å². The van der Waals surface area contributed by atoms with Crippen LogP contribution in [0, 0.1) is 12.1 Å². The van der Waals surface area contributed by atoms with E-state index in [1.807, 2.05) is 0 Å². The largest absolute Gasteiger partial charge is 0.434 e. The summed E-state index contributed by atoms with van der Waals surface area (Å²) in [4.78, 5) is 12.1. The van der Waals surface area contributed by atoms with Crippen molar-refractivity contribution in [2.75, 3.05) is 9.62 Å². The molecule has 3 heterocycles. The molecule has 2 aromatic heterocycles. The molecule has 1 N–H and O–H groups in total. The Morgan fingerprint density at radius 1 is 0.972 bits per heavy atom. The molecule has 2 aromatic carbocycles. The number of para-hydroxylation sites is 1. The van der Waals surface area contributed by atoms with Crippen molar-refractivity contribution in [3.63, 3.8) is 0 Å². The Morgan fingerprint density at radius 2 is 1.67 bits per heavy atom. The number of benzene rings is 2. The number of rotatable bonds is 3. The molecule has 0 spiro atoms. The molecule has 4 aromatic rings. The second-order valence-corrected chi connectivity index (χ2v) is 9.15. The van der Waals surface area contributed by atoms with E-state index in [4.69, 9.17) is 0 Å². The van der Waals surface area contributed by atoms with E-state index in [2.05, 4.69) is 32.4 Å². The molecule has 181 valence electrons. The molecule has 0 fully saturated rings. The van der Waals surface area contributed by atoms with Crippen molar-refractivity contribution in [3.8, 4) is 11.4 Å². The molecule has 0 saturated heterocycles. The Balaban J connectivity index is 0.00000180. The number of sulfonamides is 1. The Labute approximate surface area is 212 Å². The zero-order valence-electron chi connectivity index (χ0n) is 18.3. The van der Waals surface area contributed by atoms with Crippen LogP contribution >= 0.6 is 0 Å². The number of nitrogens with one attached hydrogen (secondary N) is 1. The number of fused-ring (bicyclic) bond motifs is 2. The van der Waals surface area contributed by atoms with Crippen molar-refractivity contribution in [2.24, 2.45) is 0 Å². The van der Waals surface area contributed by atoms with Crippen molar-refractivity contribution in [2.45, 2.75) is 17.6 Å². The van der Waals surface area contributed by atoms with Crippen LogP contribution < -0.4 is 9.62 Å². The first kappa shape index (κ1) is 26.3. The summed E-state index contributed by atoms with van der Waals surface area (Å²) in [6, 6.07) is 18.1. The zero-order chi connectivity index (χ0) is 23.9. The third-order valence-electron chi connectivity index (χ3n) is 5.16. The Kier molecular flexibility index (Phi) is 7.11. The molecule has 1 aliphatic heterocycles. The maximum atomic E-state index is 13.8. The van der Waals surface area contributed by atoms with Gasteiger partial charge in [-0.3, -0.25) is 14.3 Å². The number of halogens is 3. The fourth-order valence-corrected chi connectivity index (χ4v) is 5.10. The SMILES string of the molecule is O=S(=O)(c1cc[c-]cc1)N1Cc2ccc(C(F)(F)F)nc2Nc2cccc(-c3nc[c-]cn3)c21.[Re].[Rf]. The van der Waals surface area contributed by atoms with Gasteiger partial charge in [0.25, 0.3) is 0 Å². The normalized spacial score (nSPS) is 12.7. The molecule has 5 rings (SSSR count). The van der Waals surface area contributed by atoms with Crippen LogP contribution in [-0.2, 0) is 43.2 Å². The van der Waals surface area contributed by atoms with Gasteiger partial charge in [-0.2, -0.15) is 43.5 Å². The van der Waals surface area contributed by atoms with E-state index in [0.717, 1.165) is 10.4 Å². The standard InChI is InChI=1S/C23H14F3N5O2S.Re.Rf/c24-23(25,26)19-11-10-15-14-31(34(32,33)16-6-2-1-3-7-16)20-17(22-27-12-5-13-28-22)8-4-9-18(20)29-21(15)30-19;;/h2-4,6-13H,14H2,(H,29,30);;/q-2;;. The summed E-state index contributed by atoms with van der Waals surface area (Å²) in [7, 11) is -4.15. The number of hydrogen-bond donors (Lipinski definition) is 1. The molecule has 0 saturated carbocycles. The Bertz CT molecular complexity index is 1480. The van der Waals surface area contributed by atoms with Gasteiger partial charge in [0.2, 0.25) is 10.0 Å². The van der Waals surface area contributed by atoms with Gasteiger partial charge in [-0.25, -0.2) is 13.4 Å². The van der Waals surface area contributed by atoms with E-state index in [0.29, 0.717) is 5.56 Å². The number of nitrogens with zero attached hydrogens (tertiary/aromatic N) is 4. The monoisotopic (exact) mass is 935 g/mol. The molecule has 7 nitrogen and oxygen atoms in total. The smallest absolute Gasteiger partial charge is 0.433 e. The average molecular weight is 935 g/mol. The van der Waals surface area contributed by atoms with Gasteiger partial charge in [-0.15, -0.1) is 12.4 Å². The second-order valence-electron chi connectivity index (χ2n) is 7.28. The van der Waals surface area contributed by atoms with E-state index in [1.165, 1.54) is 42.7 Å². The molecule has 0 unspecified atom stereocenters. The van der Waals surface area contributed by atoms with Crippen LogP contribution in [-0.4, -0.2) is 23.4 Å². The molecule has 0 aliphatic carbocycles. The third kappa shape index (κ3) is 4.62. The first-order valence-electron chi connectivity index (χ1n) is 9.89. The van der Waals surface area contributed by atoms with Crippen molar-refractivity contribution in [3.05, 3.63) is 90.4 Å². The summed E-state index contributed by atoms with van der Waals surface area (Å²) >= 11 is 0. The van der Waals surface area contributed by atoms with Crippen LogP contribution in [0.25, 0.3) is 11.4 Å². The molecule has 36 heavy (non-hydrogen) atoms. The molecule has 0 atom stereocenters. The zero-order valence-corrected chi connectivity index (χ0v) is 28.2. The van der Waals surface area contributed by atoms with Gasteiger partial charge in [-0.05, 0) is 23.1 Å². The predicted molar refractivity (Wildman–Crippen MR) is 117 cm³/mol. The van der Waals surface area contributed by atoms with Gasteiger partial charge in [0.05, 0.1) is 17.9 Å². The summed E-state index contributed by atoms with van der Waals surface area (Å²) in [5.74, 6) is 0.142. The van der Waals surface area contributed by atoms with Crippen molar-refractivity contribution in [1.29, 1.82) is 0 Å². The van der Waals surface area contributed by atoms with E-state index in [1.54, 1.807) is 18.2 Å². The molecule has 1 aliphatic rings. The second kappa shape index (κ2) is 9.73. The third-order valence-corrected chi connectivity index (χ3v) is 6.92. The van der Waals surface area contributed by atoms with E-state index < -0.39 is 21.9 Å². The van der Waals surface area contributed by atoms with Crippen LogP contribution in [0.4, 0.5) is 30.4 Å². The maximum Gasteiger partial charge on any atom is 0.433 e. The Hall–Kier alpha value is -4.33. The molecular formula is C23H14F3N5O2ReRfS-2. The average Bonchev–Trinajstić information content (AvgIpc) is 3.01. The minimum Gasteiger partial charge on any atom is -0.434 e. The first-order chi connectivity index (χ1) is 16.2. The van der Waals surface area contributed by atoms with Crippen LogP contribution in [0.2, 0.25) is 0 Å². The van der Waals surface area contributed by atoms with Crippen LogP contribution in [0.5, 0.6) is 0 Å². The van der Waals surface area contributed by atoms with Gasteiger partial charge < -0.3 is 11.4 Å². The van der Waals surface area contributed by atoms with Crippen molar-refractivity contribution in [1.82, 2.24) is 15.0 Å². The Morgan fingerprint density at radius 3 is 2.33 bits per heavy atom. The minimum absolute atomic E-state index is 0. The summed E-state index contributed by atoms with van der Waals surface area (Å²) in [5.41, 5.74) is -0.0237. The van der Waals surface area contributed by atoms with Gasteiger partial charge in [-0.1, -0.05) is 12.1 Å². The summed E-state index contributed by atoms with van der Waals surface area (Å²) in [6.45, 7) is -0.266. The number of anilines is 3. The first-order valence-corrected chi connectivity index (χ1v) is 11.3. The number of aromatic nitrogens is 3. The number of pyridine rings is 1. The summed E-state index contributed by atoms with van der Waals surface area (Å²) in [5, 5.41) is 2.89. The molecule has 1 radical (unpaired) electrons. The number of hydrogen-bond acceptors (Lipinski definition) is 6. The fraction of sp³-hybridized carbons (Fsp3) is 0.0870. The summed E-state index contributed by atoms with van der Waals surface area (Å²) in [6.07, 6.45) is -1.87. The van der Waals surface area contributed by atoms with E-state index in [9.17, 15) is 21.6 Å². The molecule has 0 amide bonds. The number of alkyl halides is 3. The van der Waals surface area contributed by atoms with Gasteiger partial charge in [0.1, 0.15) is 11.5 Å². The van der Waals surface area contributed by atoms with Gasteiger partial charge in [0.15, 0.2) is 5.82 Å². The maximum absolute atomic E-state index is 13.8. The predicted octanol–water partition coefficient (Wildman–Crippen LogP) is 4.61. The van der Waals surface area contributed by atoms with E-state index >= 15 is 0 Å². The minimum atomic E-state index is -4.66. The van der Waals surface area contributed by atoms with Crippen LogP contribution in [0.3, 0.4) is 0 Å². The van der Waals surface area contributed by atoms with Gasteiger partial charge in [0, 0.05) is 31.5 Å². The van der Waals surface area contributed by atoms with Crippen LogP contribution in [0.1, 0.15) is 11.3 Å². The molecular weight excluding hydrogens is 921 g/mol. The quantitative estimate of drug-likeness (QED) is 0.303. The fourth-order valence-electron chi connectivity index (χ4n) is 3.62. The molecule has 0 bridgehead atoms. The van der Waals surface area contributed by atoms with Crippen LogP contribution in [0.15, 0.2) is 71.9 Å². The van der Waals surface area contributed by atoms with Crippen molar-refractivity contribution >= 4 is 27.2 Å². The van der Waals surface area contributed by atoms with Crippen molar-refractivity contribution < 1.29 is 42.0 Å². The summed E-state index contributed by atoms with van der Waals surface area (Å²) < 4.78 is 68.6. The topological polar surface area (TPSA) is 88.1 Å².